The van der Waals surface area contributed by atoms with E-state index in [4.69, 9.17) is 9.47 Å². The molecule has 13 nitrogen and oxygen atoms in total. The number of aryl methyl sites for hydroxylation is 1. The maximum Gasteiger partial charge on any atom is 0.407 e. The number of nitrogens with zero attached hydrogens (tertiary/aromatic N) is 6. The van der Waals surface area contributed by atoms with Gasteiger partial charge in [0, 0.05) is 25.4 Å². The number of alkyl halides is 1. The summed E-state index contributed by atoms with van der Waals surface area (Å²) in [4.78, 5) is 43.9. The molecule has 0 unspecified atom stereocenters. The van der Waals surface area contributed by atoms with Gasteiger partial charge in [-0.15, -0.1) is 0 Å². The Morgan fingerprint density at radius 3 is 2.56 bits per heavy atom. The van der Waals surface area contributed by atoms with E-state index in [9.17, 15) is 18.8 Å². The number of alkyl carbamates (subject to hydrolysis) is 1. The van der Waals surface area contributed by atoms with E-state index < -0.39 is 29.8 Å². The van der Waals surface area contributed by atoms with E-state index in [1.54, 1.807) is 37.9 Å². The number of amides is 2. The van der Waals surface area contributed by atoms with Crippen molar-refractivity contribution >= 4 is 35.1 Å². The minimum absolute atomic E-state index is 0.0852. The van der Waals surface area contributed by atoms with Crippen LogP contribution >= 0.6 is 0 Å². The molecule has 2 amide bonds. The Morgan fingerprint density at radius 1 is 1.12 bits per heavy atom. The summed E-state index contributed by atoms with van der Waals surface area (Å²) in [6, 6.07) is 1.36. The second-order valence-corrected chi connectivity index (χ2v) is 12.3. The summed E-state index contributed by atoms with van der Waals surface area (Å²) in [5, 5.41) is 14.6. The van der Waals surface area contributed by atoms with Crippen molar-refractivity contribution in [1.29, 1.82) is 0 Å². The Hall–Kier alpha value is -4.23. The van der Waals surface area contributed by atoms with Crippen molar-refractivity contribution in [1.82, 2.24) is 29.7 Å². The zero-order chi connectivity index (χ0) is 30.9. The molecule has 1 saturated carbocycles. The number of aromatic nitrogens is 5. The fraction of sp³-hybridized carbons (Fsp3) is 0.586. The SMILES string of the molecule is COC(=O)C1CCC(n2cc(NC(=O)c3cnn4ccc(N5C[C@H](F)C[C@@H](NC(=O)OC(C)(C)C)C5)nc34)c(C)n2)CC1. The highest BCUT2D eigenvalue weighted by molar-refractivity contribution is 6.08. The lowest BCUT2D eigenvalue weighted by molar-refractivity contribution is -0.146. The lowest BCUT2D eigenvalue weighted by atomic mass is 9.86. The number of hydrogen-bond donors (Lipinski definition) is 2. The third-order valence-corrected chi connectivity index (χ3v) is 7.81. The van der Waals surface area contributed by atoms with E-state index in [1.807, 2.05) is 17.8 Å². The van der Waals surface area contributed by atoms with Crippen molar-refractivity contribution in [2.24, 2.45) is 5.92 Å². The highest BCUT2D eigenvalue weighted by Gasteiger charge is 2.31. The molecule has 4 heterocycles. The third kappa shape index (κ3) is 7.05. The van der Waals surface area contributed by atoms with Crippen LogP contribution < -0.4 is 15.5 Å². The first-order valence-corrected chi connectivity index (χ1v) is 14.6. The maximum absolute atomic E-state index is 14.7. The zero-order valence-corrected chi connectivity index (χ0v) is 25.2. The molecule has 1 saturated heterocycles. The van der Waals surface area contributed by atoms with Gasteiger partial charge in [0.05, 0.1) is 49.2 Å². The predicted octanol–water partition coefficient (Wildman–Crippen LogP) is 3.83. The lowest BCUT2D eigenvalue weighted by Crippen LogP contribution is -2.52. The van der Waals surface area contributed by atoms with Crippen molar-refractivity contribution in [3.05, 3.63) is 35.9 Å². The number of ether oxygens (including phenoxy) is 2. The topological polar surface area (TPSA) is 145 Å². The number of nitrogens with one attached hydrogen (secondary N) is 2. The Kier molecular flexibility index (Phi) is 8.56. The minimum Gasteiger partial charge on any atom is -0.469 e. The first kappa shape index (κ1) is 30.2. The second-order valence-electron chi connectivity index (χ2n) is 12.3. The summed E-state index contributed by atoms with van der Waals surface area (Å²) in [6.07, 6.45) is 6.34. The second kappa shape index (κ2) is 12.2. The molecule has 1 aliphatic heterocycles. The Labute approximate surface area is 249 Å². The molecule has 5 rings (SSSR count). The molecule has 232 valence electrons. The molecule has 2 aliphatic rings. The summed E-state index contributed by atoms with van der Waals surface area (Å²) in [5.41, 5.74) is 1.15. The van der Waals surface area contributed by atoms with Crippen LogP contribution in [0.1, 0.15) is 75.0 Å². The summed E-state index contributed by atoms with van der Waals surface area (Å²) in [5.74, 6) is -0.191. The first-order chi connectivity index (χ1) is 20.4. The van der Waals surface area contributed by atoms with Crippen molar-refractivity contribution in [3.63, 3.8) is 0 Å². The van der Waals surface area contributed by atoms with Crippen LogP contribution in [-0.4, -0.2) is 80.4 Å². The molecule has 0 radical (unpaired) electrons. The monoisotopic (exact) mass is 598 g/mol. The number of fused-ring (bicyclic) bond motifs is 1. The van der Waals surface area contributed by atoms with Crippen LogP contribution in [0.2, 0.25) is 0 Å². The largest absolute Gasteiger partial charge is 0.469 e. The van der Waals surface area contributed by atoms with E-state index in [0.717, 1.165) is 25.7 Å². The molecule has 14 heteroatoms. The van der Waals surface area contributed by atoms with Gasteiger partial charge in [-0.1, -0.05) is 0 Å². The number of hydrogen-bond acceptors (Lipinski definition) is 9. The number of piperidine rings is 1. The summed E-state index contributed by atoms with van der Waals surface area (Å²) in [7, 11) is 1.41. The van der Waals surface area contributed by atoms with E-state index in [-0.39, 0.29) is 36.5 Å². The van der Waals surface area contributed by atoms with Crippen molar-refractivity contribution in [2.45, 2.75) is 83.7 Å². The number of anilines is 2. The fourth-order valence-electron chi connectivity index (χ4n) is 5.72. The molecule has 43 heavy (non-hydrogen) atoms. The first-order valence-electron chi connectivity index (χ1n) is 14.6. The van der Waals surface area contributed by atoms with Gasteiger partial charge in [-0.3, -0.25) is 14.3 Å². The van der Waals surface area contributed by atoms with Crippen molar-refractivity contribution < 1.29 is 28.2 Å². The average molecular weight is 599 g/mol. The molecule has 2 atom stereocenters. The van der Waals surface area contributed by atoms with Gasteiger partial charge in [0.2, 0.25) is 0 Å². The number of methoxy groups -OCH3 is 1. The van der Waals surface area contributed by atoms with Gasteiger partial charge >= 0.3 is 12.1 Å². The maximum atomic E-state index is 14.7. The predicted molar refractivity (Wildman–Crippen MR) is 156 cm³/mol. The van der Waals surface area contributed by atoms with Crippen LogP contribution in [0, 0.1) is 12.8 Å². The zero-order valence-electron chi connectivity index (χ0n) is 25.2. The van der Waals surface area contributed by atoms with Gasteiger partial charge in [-0.05, 0) is 59.4 Å². The van der Waals surface area contributed by atoms with Crippen LogP contribution in [0.3, 0.4) is 0 Å². The molecule has 2 N–H and O–H groups in total. The quantitative estimate of drug-likeness (QED) is 0.404. The van der Waals surface area contributed by atoms with E-state index in [1.165, 1.54) is 17.8 Å². The molecule has 0 spiro atoms. The molecule has 3 aromatic heterocycles. The number of rotatable bonds is 6. The van der Waals surface area contributed by atoms with Crippen LogP contribution in [-0.2, 0) is 14.3 Å². The van der Waals surface area contributed by atoms with Crippen LogP contribution in [0.4, 0.5) is 20.7 Å². The Morgan fingerprint density at radius 2 is 1.86 bits per heavy atom. The van der Waals surface area contributed by atoms with E-state index in [0.29, 0.717) is 29.4 Å². The molecular weight excluding hydrogens is 559 g/mol. The number of esters is 1. The number of halogens is 1. The standard InChI is InChI=1S/C29H39FN8O5/c1-17-23(16-38(35-17)21-8-6-18(7-9-21)27(40)42-5)33-26(39)22-13-31-37-11-10-24(34-25(22)37)36-14-19(30)12-20(15-36)32-28(41)43-29(2,3)4/h10-11,13,16,18-21H,6-9,12,14-15H2,1-5H3,(H,32,41)(H,33,39)/t18?,19-,20-,21?/m1/s1. The summed E-state index contributed by atoms with van der Waals surface area (Å²) >= 11 is 0. The highest BCUT2D eigenvalue weighted by Crippen LogP contribution is 2.33. The van der Waals surface area contributed by atoms with Gasteiger partial charge in [-0.25, -0.2) is 18.7 Å². The van der Waals surface area contributed by atoms with Crippen molar-refractivity contribution in [2.75, 3.05) is 30.4 Å². The van der Waals surface area contributed by atoms with Gasteiger partial charge in [0.1, 0.15) is 23.2 Å². The van der Waals surface area contributed by atoms with Crippen LogP contribution in [0.5, 0.6) is 0 Å². The van der Waals surface area contributed by atoms with Crippen LogP contribution in [0.25, 0.3) is 5.65 Å². The Balaban J connectivity index is 1.27. The third-order valence-electron chi connectivity index (χ3n) is 7.81. The van der Waals surface area contributed by atoms with E-state index >= 15 is 0 Å². The van der Waals surface area contributed by atoms with Crippen molar-refractivity contribution in [3.8, 4) is 0 Å². The highest BCUT2D eigenvalue weighted by atomic mass is 19.1. The summed E-state index contributed by atoms with van der Waals surface area (Å²) in [6.45, 7) is 7.56. The van der Waals surface area contributed by atoms with E-state index in [2.05, 4.69) is 25.8 Å². The molecule has 1 aliphatic carbocycles. The molecule has 3 aromatic rings. The van der Waals surface area contributed by atoms with Gasteiger partial charge < -0.3 is 25.0 Å². The van der Waals surface area contributed by atoms with Gasteiger partial charge in [-0.2, -0.15) is 10.2 Å². The smallest absolute Gasteiger partial charge is 0.407 e. The lowest BCUT2D eigenvalue weighted by Gasteiger charge is -2.36. The number of carbonyl (C=O) groups excluding carboxylic acids is 3. The number of carbonyl (C=O) groups is 3. The van der Waals surface area contributed by atoms with Crippen LogP contribution in [0.15, 0.2) is 24.7 Å². The average Bonchev–Trinajstić information content (AvgIpc) is 3.54. The molecular formula is C29H39FN8O5. The Bertz CT molecular complexity index is 1490. The molecule has 2 fully saturated rings. The van der Waals surface area contributed by atoms with Gasteiger partial charge in [0.15, 0.2) is 5.65 Å². The molecule has 0 aromatic carbocycles. The fourth-order valence-corrected chi connectivity index (χ4v) is 5.72. The molecule has 0 bridgehead atoms. The normalized spacial score (nSPS) is 22.7. The minimum atomic E-state index is -1.19. The summed E-state index contributed by atoms with van der Waals surface area (Å²) < 4.78 is 28.3. The van der Waals surface area contributed by atoms with Gasteiger partial charge in [0.25, 0.3) is 5.91 Å².